The van der Waals surface area contributed by atoms with Gasteiger partial charge in [-0.3, -0.25) is 5.43 Å². The first-order valence-electron chi connectivity index (χ1n) is 6.11. The number of anilines is 2. The second-order valence-corrected chi connectivity index (χ2v) is 5.27. The maximum Gasteiger partial charge on any atom is 0.205 e. The number of hydrazone groups is 1. The van der Waals surface area contributed by atoms with Crippen molar-refractivity contribution in [3.05, 3.63) is 34.2 Å². The molecule has 0 aliphatic rings. The number of hydrogen-bond acceptors (Lipinski definition) is 6. The van der Waals surface area contributed by atoms with Crippen molar-refractivity contribution in [3.8, 4) is 5.75 Å². The van der Waals surface area contributed by atoms with E-state index in [1.54, 1.807) is 23.7 Å². The van der Waals surface area contributed by atoms with Crippen molar-refractivity contribution in [2.75, 3.05) is 17.8 Å². The lowest BCUT2D eigenvalue weighted by atomic mass is 10.2. The van der Waals surface area contributed by atoms with Crippen LogP contribution in [0.3, 0.4) is 0 Å². The van der Waals surface area contributed by atoms with Crippen LogP contribution in [-0.2, 0) is 0 Å². The molecular weight excluding hydrogens is 296 g/mol. The summed E-state index contributed by atoms with van der Waals surface area (Å²) in [6, 6.07) is 5.42. The van der Waals surface area contributed by atoms with Gasteiger partial charge in [-0.25, -0.2) is 4.98 Å². The number of halogens is 1. The first kappa shape index (κ1) is 14.6. The van der Waals surface area contributed by atoms with Gasteiger partial charge >= 0.3 is 0 Å². The highest BCUT2D eigenvalue weighted by Crippen LogP contribution is 2.22. The normalized spacial score (nSPS) is 10.9. The average molecular weight is 311 g/mol. The van der Waals surface area contributed by atoms with Gasteiger partial charge in [0.05, 0.1) is 12.8 Å². The molecule has 0 saturated heterocycles. The van der Waals surface area contributed by atoms with Gasteiger partial charge in [0.2, 0.25) is 5.13 Å². The van der Waals surface area contributed by atoms with Crippen molar-refractivity contribution in [2.45, 2.75) is 13.3 Å². The minimum Gasteiger partial charge on any atom is -0.493 e. The van der Waals surface area contributed by atoms with E-state index < -0.39 is 0 Å². The van der Waals surface area contributed by atoms with Gasteiger partial charge < -0.3 is 10.5 Å². The molecular formula is C13H15ClN4OS. The Labute approximate surface area is 126 Å². The summed E-state index contributed by atoms with van der Waals surface area (Å²) in [6.07, 6.45) is 2.59. The molecule has 1 aromatic heterocycles. The number of nitrogens with two attached hydrogens (primary N) is 1. The van der Waals surface area contributed by atoms with Crippen molar-refractivity contribution in [1.82, 2.24) is 4.98 Å². The molecule has 0 atom stereocenters. The van der Waals surface area contributed by atoms with Crippen molar-refractivity contribution in [2.24, 2.45) is 5.10 Å². The summed E-state index contributed by atoms with van der Waals surface area (Å²) in [7, 11) is 0. The van der Waals surface area contributed by atoms with Crippen LogP contribution in [0.15, 0.2) is 28.7 Å². The number of hydrogen-bond donors (Lipinski definition) is 2. The zero-order chi connectivity index (χ0) is 14.4. The van der Waals surface area contributed by atoms with E-state index in [1.807, 2.05) is 6.07 Å². The Bertz CT molecular complexity index is 600. The summed E-state index contributed by atoms with van der Waals surface area (Å²) >= 11 is 7.37. The van der Waals surface area contributed by atoms with E-state index in [9.17, 15) is 0 Å². The van der Waals surface area contributed by atoms with Gasteiger partial charge in [0.15, 0.2) is 0 Å². The number of rotatable bonds is 6. The van der Waals surface area contributed by atoms with Gasteiger partial charge in [-0.15, -0.1) is 11.3 Å². The third-order valence-electron chi connectivity index (χ3n) is 2.32. The molecule has 3 N–H and O–H groups in total. The third kappa shape index (κ3) is 4.11. The number of benzene rings is 1. The molecule has 0 aliphatic heterocycles. The summed E-state index contributed by atoms with van der Waals surface area (Å²) in [5, 5.41) is 7.13. The van der Waals surface area contributed by atoms with Crippen LogP contribution in [0.4, 0.5) is 10.9 Å². The lowest BCUT2D eigenvalue weighted by Crippen LogP contribution is -1.99. The van der Waals surface area contributed by atoms with Crippen molar-refractivity contribution >= 4 is 40.1 Å². The van der Waals surface area contributed by atoms with Gasteiger partial charge in [0.25, 0.3) is 0 Å². The molecule has 0 radical (unpaired) electrons. The van der Waals surface area contributed by atoms with Crippen LogP contribution in [0.2, 0.25) is 5.02 Å². The van der Waals surface area contributed by atoms with Crippen molar-refractivity contribution in [3.63, 3.8) is 0 Å². The quantitative estimate of drug-likeness (QED) is 0.631. The number of nitrogens with zero attached hydrogens (tertiary/aromatic N) is 2. The second kappa shape index (κ2) is 7.12. The molecule has 1 heterocycles. The number of aromatic nitrogens is 1. The summed E-state index contributed by atoms with van der Waals surface area (Å²) < 4.78 is 5.64. The van der Waals surface area contributed by atoms with Crippen molar-refractivity contribution < 1.29 is 4.74 Å². The van der Waals surface area contributed by atoms with Crippen LogP contribution in [0.5, 0.6) is 5.75 Å². The van der Waals surface area contributed by atoms with Crippen LogP contribution in [0.1, 0.15) is 18.9 Å². The Morgan fingerprint density at radius 3 is 3.10 bits per heavy atom. The fourth-order valence-corrected chi connectivity index (χ4v) is 2.19. The van der Waals surface area contributed by atoms with Gasteiger partial charge in [0.1, 0.15) is 11.6 Å². The molecule has 106 valence electrons. The zero-order valence-corrected chi connectivity index (χ0v) is 12.5. The average Bonchev–Trinajstić information content (AvgIpc) is 2.84. The summed E-state index contributed by atoms with van der Waals surface area (Å²) in [4.78, 5) is 4.05. The van der Waals surface area contributed by atoms with Crippen LogP contribution in [0.25, 0.3) is 0 Å². The molecule has 0 spiro atoms. The lowest BCUT2D eigenvalue weighted by Gasteiger charge is -2.08. The molecule has 5 nitrogen and oxygen atoms in total. The Hall–Kier alpha value is -1.79. The van der Waals surface area contributed by atoms with E-state index in [0.29, 0.717) is 22.6 Å². The molecule has 0 fully saturated rings. The Balaban J connectivity index is 2.08. The third-order valence-corrected chi connectivity index (χ3v) is 3.32. The number of ether oxygens (including phenoxy) is 1. The van der Waals surface area contributed by atoms with Crippen LogP contribution in [-0.4, -0.2) is 17.8 Å². The standard InChI is InChI=1S/C13H15ClN4OS/c1-2-5-19-11-4-3-10(14)6-9(11)7-16-18-13-17-12(15)8-20-13/h3-4,6-8H,2,5,15H2,1H3,(H,17,18). The maximum absolute atomic E-state index is 5.99. The first-order chi connectivity index (χ1) is 9.69. The van der Waals surface area contributed by atoms with E-state index in [2.05, 4.69) is 22.4 Å². The number of nitrogen functional groups attached to an aromatic ring is 1. The molecule has 7 heteroatoms. The van der Waals surface area contributed by atoms with E-state index in [0.717, 1.165) is 17.7 Å². The minimum atomic E-state index is 0.474. The van der Waals surface area contributed by atoms with E-state index in [-0.39, 0.29) is 0 Å². The topological polar surface area (TPSA) is 72.5 Å². The summed E-state index contributed by atoms with van der Waals surface area (Å²) in [5.74, 6) is 1.22. The highest BCUT2D eigenvalue weighted by Gasteiger charge is 2.03. The molecule has 0 unspecified atom stereocenters. The Kier molecular flexibility index (Phi) is 5.20. The molecule has 1 aromatic carbocycles. The summed E-state index contributed by atoms with van der Waals surface area (Å²) in [5.41, 5.74) is 9.15. The molecule has 2 rings (SSSR count). The monoisotopic (exact) mass is 310 g/mol. The molecule has 0 aliphatic carbocycles. The SMILES string of the molecule is CCCOc1ccc(Cl)cc1C=NNc1nc(N)cs1. The lowest BCUT2D eigenvalue weighted by molar-refractivity contribution is 0.317. The predicted molar refractivity (Wildman–Crippen MR) is 85.0 cm³/mol. The largest absolute Gasteiger partial charge is 0.493 e. The maximum atomic E-state index is 5.99. The van der Waals surface area contributed by atoms with Crippen LogP contribution in [0, 0.1) is 0 Å². The first-order valence-corrected chi connectivity index (χ1v) is 7.37. The van der Waals surface area contributed by atoms with Crippen molar-refractivity contribution in [1.29, 1.82) is 0 Å². The number of nitrogens with one attached hydrogen (secondary N) is 1. The Morgan fingerprint density at radius 2 is 2.40 bits per heavy atom. The fraction of sp³-hybridized carbons (Fsp3) is 0.231. The van der Waals surface area contributed by atoms with Gasteiger partial charge in [-0.05, 0) is 24.6 Å². The number of thiazole rings is 1. The van der Waals surface area contributed by atoms with Crippen LogP contribution >= 0.6 is 22.9 Å². The fourth-order valence-electron chi connectivity index (χ4n) is 1.46. The summed E-state index contributed by atoms with van der Waals surface area (Å²) in [6.45, 7) is 2.71. The molecule has 0 saturated carbocycles. The highest BCUT2D eigenvalue weighted by molar-refractivity contribution is 7.14. The van der Waals surface area contributed by atoms with E-state index in [1.165, 1.54) is 11.3 Å². The minimum absolute atomic E-state index is 0.474. The second-order valence-electron chi connectivity index (χ2n) is 3.98. The molecule has 2 aromatic rings. The van der Waals surface area contributed by atoms with Gasteiger partial charge in [-0.1, -0.05) is 18.5 Å². The molecule has 20 heavy (non-hydrogen) atoms. The predicted octanol–water partition coefficient (Wildman–Crippen LogP) is 3.61. The smallest absolute Gasteiger partial charge is 0.205 e. The van der Waals surface area contributed by atoms with E-state index >= 15 is 0 Å². The van der Waals surface area contributed by atoms with Gasteiger partial charge in [0, 0.05) is 16.0 Å². The van der Waals surface area contributed by atoms with E-state index in [4.69, 9.17) is 22.1 Å². The van der Waals surface area contributed by atoms with Crippen LogP contribution < -0.4 is 15.9 Å². The highest BCUT2D eigenvalue weighted by atomic mass is 35.5. The molecule has 0 amide bonds. The zero-order valence-electron chi connectivity index (χ0n) is 11.0. The van der Waals surface area contributed by atoms with Gasteiger partial charge in [-0.2, -0.15) is 5.10 Å². The Morgan fingerprint density at radius 1 is 1.55 bits per heavy atom. The molecule has 0 bridgehead atoms.